The summed E-state index contributed by atoms with van der Waals surface area (Å²) in [6.45, 7) is 11.8. The van der Waals surface area contributed by atoms with Crippen LogP contribution in [0.3, 0.4) is 0 Å². The molecule has 0 aliphatic rings. The van der Waals surface area contributed by atoms with E-state index in [9.17, 15) is 8.42 Å². The number of rotatable bonds is 8. The third kappa shape index (κ3) is 9.82. The van der Waals surface area contributed by atoms with Crippen molar-refractivity contribution in [2.24, 2.45) is 0 Å². The fourth-order valence-corrected chi connectivity index (χ4v) is 2.51. The van der Waals surface area contributed by atoms with Crippen molar-refractivity contribution in [3.8, 4) is 5.75 Å². The van der Waals surface area contributed by atoms with Gasteiger partial charge in [0.1, 0.15) is 5.75 Å². The molecule has 0 saturated carbocycles. The Morgan fingerprint density at radius 1 is 1.04 bits per heavy atom. The van der Waals surface area contributed by atoms with Crippen LogP contribution in [0.25, 0.3) is 0 Å². The van der Waals surface area contributed by atoms with Crippen molar-refractivity contribution < 1.29 is 17.9 Å². The van der Waals surface area contributed by atoms with Crippen molar-refractivity contribution in [3.05, 3.63) is 29.8 Å². The quantitative estimate of drug-likeness (QED) is 0.677. The maximum atomic E-state index is 11.8. The van der Waals surface area contributed by atoms with Gasteiger partial charge >= 0.3 is 0 Å². The highest BCUT2D eigenvalue weighted by Gasteiger charge is 2.17. The van der Waals surface area contributed by atoms with Crippen molar-refractivity contribution in [2.45, 2.75) is 73.2 Å². The Morgan fingerprint density at radius 2 is 1.56 bits per heavy atom. The van der Waals surface area contributed by atoms with Gasteiger partial charge in [0.15, 0.2) is 6.79 Å². The molecule has 1 aromatic carbocycles. The highest BCUT2D eigenvalue weighted by Crippen LogP contribution is 2.19. The van der Waals surface area contributed by atoms with Crippen LogP contribution < -0.4 is 9.46 Å². The van der Waals surface area contributed by atoms with Gasteiger partial charge in [-0.2, -0.15) is 0 Å². The van der Waals surface area contributed by atoms with E-state index in [1.54, 1.807) is 13.8 Å². The van der Waals surface area contributed by atoms with Crippen LogP contribution in [-0.4, -0.2) is 32.6 Å². The molecule has 0 aliphatic carbocycles. The van der Waals surface area contributed by atoms with Crippen LogP contribution in [0.2, 0.25) is 0 Å². The van der Waals surface area contributed by atoms with Crippen LogP contribution in [0, 0.1) is 0 Å². The first-order valence-corrected chi connectivity index (χ1v) is 9.41. The zero-order valence-electron chi connectivity index (χ0n) is 14.9. The van der Waals surface area contributed by atoms with Gasteiger partial charge in [0, 0.05) is 6.54 Å². The minimum atomic E-state index is -3.23. The minimum absolute atomic E-state index is 0. The number of nitrogens with one attached hydrogen (secondary N) is 1. The van der Waals surface area contributed by atoms with Gasteiger partial charge in [-0.1, -0.05) is 33.9 Å². The van der Waals surface area contributed by atoms with E-state index >= 15 is 0 Å². The van der Waals surface area contributed by atoms with E-state index < -0.39 is 15.3 Å². The Bertz CT molecular complexity index is 574. The van der Waals surface area contributed by atoms with Crippen LogP contribution in [0.5, 0.6) is 5.75 Å². The van der Waals surface area contributed by atoms with E-state index in [0.717, 1.165) is 11.3 Å². The first-order valence-electron chi connectivity index (χ1n) is 7.86. The Labute approximate surface area is 155 Å². The molecule has 0 amide bonds. The Morgan fingerprint density at radius 3 is 2.00 bits per heavy atom. The number of hydrogen-bond donors (Lipinski definition) is 1. The van der Waals surface area contributed by atoms with Gasteiger partial charge in [-0.25, -0.2) is 13.1 Å². The predicted octanol–water partition coefficient (Wildman–Crippen LogP) is 4.54. The summed E-state index contributed by atoms with van der Waals surface area (Å²) in [4.78, 5) is 0. The summed E-state index contributed by atoms with van der Waals surface area (Å²) in [5.74, 6) is 0.816. The van der Waals surface area contributed by atoms with Gasteiger partial charge in [-0.15, -0.1) is 0 Å². The SMILES string of the molecule is C.C.CC(CNS(=O)(=O)C(C)C)c1ccc(OCOC(C)(C)C)cc1. The number of benzene rings is 1. The van der Waals surface area contributed by atoms with Crippen molar-refractivity contribution >= 4 is 10.0 Å². The molecule has 1 aromatic rings. The monoisotopic (exact) mass is 375 g/mol. The van der Waals surface area contributed by atoms with E-state index in [2.05, 4.69) is 4.72 Å². The Kier molecular flexibility index (Phi) is 11.3. The van der Waals surface area contributed by atoms with Crippen LogP contribution in [0.15, 0.2) is 24.3 Å². The topological polar surface area (TPSA) is 64.6 Å². The molecule has 148 valence electrons. The summed E-state index contributed by atoms with van der Waals surface area (Å²) >= 11 is 0. The Hall–Kier alpha value is -1.11. The van der Waals surface area contributed by atoms with Gasteiger partial charge in [0.05, 0.1) is 10.9 Å². The van der Waals surface area contributed by atoms with Crippen LogP contribution >= 0.6 is 0 Å². The standard InChI is InChI=1S/C17H29NO4S.2CH4/c1-13(2)23(19,20)18-11-14(3)15-7-9-16(10-8-15)21-12-22-17(4,5)6;;/h7-10,13-14,18H,11-12H2,1-6H3;2*1H4. The van der Waals surface area contributed by atoms with Crippen molar-refractivity contribution in [3.63, 3.8) is 0 Å². The summed E-state index contributed by atoms with van der Waals surface area (Å²) in [5, 5.41) is -0.423. The highest BCUT2D eigenvalue weighted by atomic mass is 32.2. The van der Waals surface area contributed by atoms with Gasteiger partial charge in [-0.05, 0) is 58.2 Å². The molecular weight excluding hydrogens is 338 g/mol. The van der Waals surface area contributed by atoms with Gasteiger partial charge < -0.3 is 9.47 Å². The van der Waals surface area contributed by atoms with Gasteiger partial charge in [0.25, 0.3) is 0 Å². The van der Waals surface area contributed by atoms with Crippen LogP contribution in [0.4, 0.5) is 0 Å². The van der Waals surface area contributed by atoms with Gasteiger partial charge in [-0.3, -0.25) is 0 Å². The molecule has 5 nitrogen and oxygen atoms in total. The lowest BCUT2D eigenvalue weighted by atomic mass is 10.0. The van der Waals surface area contributed by atoms with Crippen molar-refractivity contribution in [2.75, 3.05) is 13.3 Å². The average Bonchev–Trinajstić information content (AvgIpc) is 2.44. The predicted molar refractivity (Wildman–Crippen MR) is 107 cm³/mol. The molecule has 0 spiro atoms. The fraction of sp³-hybridized carbons (Fsp3) is 0.684. The fourth-order valence-electron chi connectivity index (χ4n) is 1.69. The summed E-state index contributed by atoms with van der Waals surface area (Å²) in [7, 11) is -3.23. The molecule has 0 aliphatic heterocycles. The van der Waals surface area contributed by atoms with E-state index in [1.165, 1.54) is 0 Å². The number of sulfonamides is 1. The van der Waals surface area contributed by atoms with Crippen LogP contribution in [-0.2, 0) is 14.8 Å². The van der Waals surface area contributed by atoms with Crippen molar-refractivity contribution in [1.82, 2.24) is 4.72 Å². The van der Waals surface area contributed by atoms with Gasteiger partial charge in [0.2, 0.25) is 10.0 Å². The second-order valence-corrected chi connectivity index (χ2v) is 9.25. The molecule has 1 atom stereocenters. The second kappa shape index (κ2) is 10.8. The summed E-state index contributed by atoms with van der Waals surface area (Å²) in [6, 6.07) is 7.63. The molecule has 0 radical (unpaired) electrons. The summed E-state index contributed by atoms with van der Waals surface area (Å²) < 4.78 is 37.2. The molecule has 0 bridgehead atoms. The number of ether oxygens (including phenoxy) is 2. The number of hydrogen-bond acceptors (Lipinski definition) is 4. The average molecular weight is 376 g/mol. The van der Waals surface area contributed by atoms with E-state index in [-0.39, 0.29) is 33.2 Å². The molecule has 0 saturated heterocycles. The second-order valence-electron chi connectivity index (χ2n) is 6.93. The summed E-state index contributed by atoms with van der Waals surface area (Å²) in [6.07, 6.45) is 0. The molecule has 1 N–H and O–H groups in total. The highest BCUT2D eigenvalue weighted by molar-refractivity contribution is 7.90. The third-order valence-corrected chi connectivity index (χ3v) is 5.19. The third-order valence-electron chi connectivity index (χ3n) is 3.38. The molecule has 1 rings (SSSR count). The lowest BCUT2D eigenvalue weighted by Gasteiger charge is -2.20. The molecular formula is C19H37NO4S. The maximum Gasteiger partial charge on any atom is 0.213 e. The summed E-state index contributed by atoms with van der Waals surface area (Å²) in [5.41, 5.74) is 0.822. The first kappa shape index (κ1) is 26.1. The smallest absolute Gasteiger partial charge is 0.213 e. The normalized spacial score (nSPS) is 12.9. The lowest BCUT2D eigenvalue weighted by Crippen LogP contribution is -2.33. The first-order chi connectivity index (χ1) is 10.5. The van der Waals surface area contributed by atoms with E-state index in [0.29, 0.717) is 6.54 Å². The lowest BCUT2D eigenvalue weighted by molar-refractivity contribution is -0.0758. The zero-order valence-corrected chi connectivity index (χ0v) is 15.7. The zero-order chi connectivity index (χ0) is 17.7. The Balaban J connectivity index is 0. The largest absolute Gasteiger partial charge is 0.468 e. The molecule has 25 heavy (non-hydrogen) atoms. The van der Waals surface area contributed by atoms with E-state index in [1.807, 2.05) is 52.0 Å². The molecule has 6 heteroatoms. The van der Waals surface area contributed by atoms with Crippen LogP contribution in [0.1, 0.15) is 67.9 Å². The molecule has 0 heterocycles. The van der Waals surface area contributed by atoms with Crippen molar-refractivity contribution in [1.29, 1.82) is 0 Å². The molecule has 0 aromatic heterocycles. The minimum Gasteiger partial charge on any atom is -0.468 e. The maximum absolute atomic E-state index is 11.8. The molecule has 0 fully saturated rings. The molecule has 1 unspecified atom stereocenters. The van der Waals surface area contributed by atoms with E-state index in [4.69, 9.17) is 9.47 Å².